The zero-order valence-corrected chi connectivity index (χ0v) is 12.5. The van der Waals surface area contributed by atoms with E-state index in [0.717, 1.165) is 16.5 Å². The molecule has 0 radical (unpaired) electrons. The van der Waals surface area contributed by atoms with Crippen LogP contribution >= 0.6 is 0 Å². The summed E-state index contributed by atoms with van der Waals surface area (Å²) in [6, 6.07) is 4.94. The first kappa shape index (κ1) is 15.8. The Morgan fingerprint density at radius 3 is 2.73 bits per heavy atom. The van der Waals surface area contributed by atoms with Gasteiger partial charge in [-0.3, -0.25) is 0 Å². The highest BCUT2D eigenvalue weighted by Gasteiger charge is 2.20. The third-order valence-electron chi connectivity index (χ3n) is 3.32. The van der Waals surface area contributed by atoms with Crippen LogP contribution < -0.4 is 10.5 Å². The normalized spacial score (nSPS) is 12.0. The van der Waals surface area contributed by atoms with Crippen molar-refractivity contribution in [2.24, 2.45) is 0 Å². The van der Waals surface area contributed by atoms with Gasteiger partial charge in [-0.25, -0.2) is 9.59 Å². The number of benzene rings is 1. The Kier molecular flexibility index (Phi) is 5.00. The summed E-state index contributed by atoms with van der Waals surface area (Å²) in [4.78, 5) is 25.7. The molecule has 0 amide bonds. The van der Waals surface area contributed by atoms with Crippen LogP contribution in [0.4, 0.5) is 0 Å². The number of esters is 2. The summed E-state index contributed by atoms with van der Waals surface area (Å²) >= 11 is 0. The van der Waals surface area contributed by atoms with Crippen molar-refractivity contribution >= 4 is 22.8 Å². The van der Waals surface area contributed by atoms with E-state index in [1.54, 1.807) is 6.07 Å². The van der Waals surface area contributed by atoms with Crippen molar-refractivity contribution in [3.63, 3.8) is 0 Å². The van der Waals surface area contributed by atoms with E-state index in [9.17, 15) is 9.59 Å². The number of hydrogen-bond acceptors (Lipinski definition) is 5. The fraction of sp³-hybridized carbons (Fsp3) is 0.333. The van der Waals surface area contributed by atoms with Crippen LogP contribution in [0, 0.1) is 0 Å². The second kappa shape index (κ2) is 6.95. The van der Waals surface area contributed by atoms with Gasteiger partial charge >= 0.3 is 11.9 Å². The lowest BCUT2D eigenvalue weighted by molar-refractivity contribution is -0.407. The van der Waals surface area contributed by atoms with E-state index in [0.29, 0.717) is 12.2 Å². The van der Waals surface area contributed by atoms with Crippen molar-refractivity contribution in [2.45, 2.75) is 12.5 Å². The summed E-state index contributed by atoms with van der Waals surface area (Å²) in [5, 5.41) is 0.917. The van der Waals surface area contributed by atoms with Crippen molar-refractivity contribution in [1.82, 2.24) is 4.98 Å². The van der Waals surface area contributed by atoms with E-state index >= 15 is 0 Å². The number of hydrogen-bond donors (Lipinski definition) is 2. The average Bonchev–Trinajstić information content (AvgIpc) is 2.93. The van der Waals surface area contributed by atoms with Gasteiger partial charge in [-0.2, -0.15) is 0 Å². The van der Waals surface area contributed by atoms with Gasteiger partial charge < -0.3 is 24.9 Å². The second-order valence-electron chi connectivity index (χ2n) is 4.81. The third-order valence-corrected chi connectivity index (χ3v) is 3.32. The third kappa shape index (κ3) is 3.56. The van der Waals surface area contributed by atoms with Crippen molar-refractivity contribution in [1.29, 1.82) is 0 Å². The molecule has 1 aromatic heterocycles. The molecule has 22 heavy (non-hydrogen) atoms. The molecule has 1 aromatic carbocycles. The number of aromatic amines is 1. The molecule has 7 heteroatoms. The average molecular weight is 307 g/mol. The van der Waals surface area contributed by atoms with Gasteiger partial charge in [-0.05, 0) is 23.8 Å². The first-order valence-corrected chi connectivity index (χ1v) is 6.75. The fourth-order valence-electron chi connectivity index (χ4n) is 2.13. The number of rotatable bonds is 6. The molecule has 2 rings (SSSR count). The summed E-state index contributed by atoms with van der Waals surface area (Å²) in [7, 11) is 2.65. The quantitative estimate of drug-likeness (QED) is 0.733. The summed E-state index contributed by atoms with van der Waals surface area (Å²) < 4.78 is 14.6. The van der Waals surface area contributed by atoms with Gasteiger partial charge in [0.1, 0.15) is 5.75 Å². The van der Waals surface area contributed by atoms with Crippen LogP contribution in [0.2, 0.25) is 0 Å². The van der Waals surface area contributed by atoms with E-state index < -0.39 is 12.0 Å². The van der Waals surface area contributed by atoms with E-state index in [1.807, 2.05) is 18.3 Å². The molecular formula is C15H19N2O5+. The molecule has 0 saturated heterocycles. The number of H-pyrrole nitrogens is 1. The largest absolute Gasteiger partial charge is 0.482 e. The molecule has 0 saturated carbocycles. The predicted molar refractivity (Wildman–Crippen MR) is 78.2 cm³/mol. The minimum atomic E-state index is -0.483. The molecule has 0 aliphatic heterocycles. The Balaban J connectivity index is 2.18. The number of methoxy groups -OCH3 is 2. The molecule has 1 unspecified atom stereocenters. The molecule has 0 aliphatic rings. The van der Waals surface area contributed by atoms with Crippen molar-refractivity contribution < 1.29 is 29.5 Å². The van der Waals surface area contributed by atoms with Gasteiger partial charge in [-0.15, -0.1) is 0 Å². The lowest BCUT2D eigenvalue weighted by Crippen LogP contribution is -2.66. The highest BCUT2D eigenvalue weighted by Crippen LogP contribution is 2.24. The highest BCUT2D eigenvalue weighted by atomic mass is 16.6. The van der Waals surface area contributed by atoms with Crippen LogP contribution in [0.5, 0.6) is 5.75 Å². The van der Waals surface area contributed by atoms with Crippen LogP contribution in [-0.2, 0) is 25.5 Å². The van der Waals surface area contributed by atoms with Gasteiger partial charge in [0.25, 0.3) is 0 Å². The topological polar surface area (TPSA) is 105 Å². The fourth-order valence-corrected chi connectivity index (χ4v) is 2.13. The zero-order chi connectivity index (χ0) is 16.1. The maximum atomic E-state index is 11.5. The van der Waals surface area contributed by atoms with Gasteiger partial charge in [-0.1, -0.05) is 0 Å². The number of aromatic nitrogens is 1. The Hall–Kier alpha value is -2.54. The standard InChI is InChI=1S/C15H18N2O5/c1-20-14(18)8-22-10-3-4-13-11(6-10)9(7-17-13)5-12(16)15(19)21-2/h3-4,6-7,12,17H,5,8,16H2,1-2H3/p+1. The molecule has 0 bridgehead atoms. The summed E-state index contributed by atoms with van der Waals surface area (Å²) in [6.07, 6.45) is 2.28. The van der Waals surface area contributed by atoms with E-state index in [-0.39, 0.29) is 12.6 Å². The molecule has 118 valence electrons. The van der Waals surface area contributed by atoms with Crippen molar-refractivity contribution in [3.8, 4) is 5.75 Å². The predicted octanol–water partition coefficient (Wildman–Crippen LogP) is 0.0457. The van der Waals surface area contributed by atoms with E-state index in [2.05, 4.69) is 20.2 Å². The molecule has 1 atom stereocenters. The second-order valence-corrected chi connectivity index (χ2v) is 4.81. The molecule has 0 spiro atoms. The van der Waals surface area contributed by atoms with Gasteiger partial charge in [0, 0.05) is 23.5 Å². The van der Waals surface area contributed by atoms with Crippen LogP contribution in [0.1, 0.15) is 5.56 Å². The Bertz CT molecular complexity index is 680. The Morgan fingerprint density at radius 1 is 1.27 bits per heavy atom. The number of quaternary nitrogens is 1. The first-order chi connectivity index (χ1) is 10.5. The number of carbonyl (C=O) groups excluding carboxylic acids is 2. The van der Waals surface area contributed by atoms with Crippen LogP contribution in [-0.4, -0.2) is 43.8 Å². The van der Waals surface area contributed by atoms with E-state index in [4.69, 9.17) is 4.74 Å². The maximum Gasteiger partial charge on any atom is 0.364 e. The first-order valence-electron chi connectivity index (χ1n) is 6.75. The molecule has 1 heterocycles. The molecule has 0 fully saturated rings. The van der Waals surface area contributed by atoms with Crippen LogP contribution in [0.25, 0.3) is 10.9 Å². The molecule has 0 aliphatic carbocycles. The lowest BCUT2D eigenvalue weighted by atomic mass is 10.1. The van der Waals surface area contributed by atoms with Gasteiger partial charge in [0.15, 0.2) is 12.6 Å². The molecular weight excluding hydrogens is 288 g/mol. The van der Waals surface area contributed by atoms with Gasteiger partial charge in [0.2, 0.25) is 0 Å². The monoisotopic (exact) mass is 307 g/mol. The number of ether oxygens (including phenoxy) is 3. The van der Waals surface area contributed by atoms with Crippen molar-refractivity contribution in [2.75, 3.05) is 20.8 Å². The number of fused-ring (bicyclic) bond motifs is 1. The summed E-state index contributed by atoms with van der Waals surface area (Å²) in [6.45, 7) is -0.151. The smallest absolute Gasteiger partial charge is 0.364 e. The Labute approximate surface area is 127 Å². The summed E-state index contributed by atoms with van der Waals surface area (Å²) in [5.74, 6) is -0.247. The maximum absolute atomic E-state index is 11.5. The minimum absolute atomic E-state index is 0.151. The van der Waals surface area contributed by atoms with Gasteiger partial charge in [0.05, 0.1) is 14.2 Å². The lowest BCUT2D eigenvalue weighted by Gasteiger charge is -2.07. The Morgan fingerprint density at radius 2 is 2.05 bits per heavy atom. The van der Waals surface area contributed by atoms with Crippen molar-refractivity contribution in [3.05, 3.63) is 30.0 Å². The summed E-state index contributed by atoms with van der Waals surface area (Å²) in [5.41, 5.74) is 5.65. The van der Waals surface area contributed by atoms with Crippen LogP contribution in [0.3, 0.4) is 0 Å². The molecule has 7 nitrogen and oxygen atoms in total. The molecule has 4 N–H and O–H groups in total. The van der Waals surface area contributed by atoms with E-state index in [1.165, 1.54) is 14.2 Å². The van der Waals surface area contributed by atoms with Crippen LogP contribution in [0.15, 0.2) is 24.4 Å². The minimum Gasteiger partial charge on any atom is -0.482 e. The SMILES string of the molecule is COC(=O)COc1ccc2[nH]cc(CC([NH3+])C(=O)OC)c2c1. The highest BCUT2D eigenvalue weighted by molar-refractivity contribution is 5.85. The zero-order valence-electron chi connectivity index (χ0n) is 12.5. The number of nitrogens with one attached hydrogen (secondary N) is 1. The number of carbonyl (C=O) groups is 2. The molecule has 2 aromatic rings.